The average molecular weight is 295 g/mol. The van der Waals surface area contributed by atoms with E-state index < -0.39 is 0 Å². The minimum Gasteiger partial charge on any atom is -0.298 e. The quantitative estimate of drug-likeness (QED) is 0.881. The van der Waals surface area contributed by atoms with E-state index in [2.05, 4.69) is 10.3 Å². The van der Waals surface area contributed by atoms with E-state index >= 15 is 0 Å². The molecule has 0 spiro atoms. The van der Waals surface area contributed by atoms with Gasteiger partial charge < -0.3 is 0 Å². The van der Waals surface area contributed by atoms with Crippen LogP contribution in [0.25, 0.3) is 0 Å². The second-order valence-corrected chi connectivity index (χ2v) is 5.30. The summed E-state index contributed by atoms with van der Waals surface area (Å²) < 4.78 is 0. The third-order valence-electron chi connectivity index (χ3n) is 2.52. The molecule has 0 unspecified atom stereocenters. The SMILES string of the molecule is CC(=O)c1csc(NC(=O)c2ccc(Cl)cc2C)n1. The van der Waals surface area contributed by atoms with Crippen LogP contribution in [0.2, 0.25) is 5.02 Å². The molecular formula is C13H11ClN2O2S. The maximum Gasteiger partial charge on any atom is 0.257 e. The molecular weight excluding hydrogens is 284 g/mol. The molecule has 0 radical (unpaired) electrons. The van der Waals surface area contributed by atoms with Crippen LogP contribution >= 0.6 is 22.9 Å². The number of thiazole rings is 1. The number of aryl methyl sites for hydroxylation is 1. The summed E-state index contributed by atoms with van der Waals surface area (Å²) in [7, 11) is 0. The van der Waals surface area contributed by atoms with E-state index in [1.807, 2.05) is 6.92 Å². The number of nitrogens with one attached hydrogen (secondary N) is 1. The fraction of sp³-hybridized carbons (Fsp3) is 0.154. The van der Waals surface area contributed by atoms with Crippen molar-refractivity contribution in [3.8, 4) is 0 Å². The molecule has 98 valence electrons. The Balaban J connectivity index is 2.18. The van der Waals surface area contributed by atoms with Gasteiger partial charge in [0.05, 0.1) is 0 Å². The van der Waals surface area contributed by atoms with Crippen molar-refractivity contribution in [1.29, 1.82) is 0 Å². The van der Waals surface area contributed by atoms with Crippen molar-refractivity contribution < 1.29 is 9.59 Å². The molecule has 0 aliphatic heterocycles. The number of hydrogen-bond acceptors (Lipinski definition) is 4. The van der Waals surface area contributed by atoms with Crippen LogP contribution in [0.1, 0.15) is 33.3 Å². The Kier molecular flexibility index (Phi) is 3.97. The molecule has 0 saturated carbocycles. The van der Waals surface area contributed by atoms with Crippen molar-refractivity contribution in [2.24, 2.45) is 0 Å². The molecule has 0 aliphatic carbocycles. The first-order valence-electron chi connectivity index (χ1n) is 5.51. The van der Waals surface area contributed by atoms with Gasteiger partial charge in [0.1, 0.15) is 5.69 Å². The summed E-state index contributed by atoms with van der Waals surface area (Å²) in [5.41, 5.74) is 1.67. The predicted octanol–water partition coefficient (Wildman–Crippen LogP) is 3.56. The average Bonchev–Trinajstić information content (AvgIpc) is 2.77. The van der Waals surface area contributed by atoms with Gasteiger partial charge in [-0.25, -0.2) is 4.98 Å². The molecule has 2 rings (SSSR count). The van der Waals surface area contributed by atoms with E-state index in [0.717, 1.165) is 5.56 Å². The molecule has 4 nitrogen and oxygen atoms in total. The van der Waals surface area contributed by atoms with Crippen LogP contribution in [-0.4, -0.2) is 16.7 Å². The number of ketones is 1. The lowest BCUT2D eigenvalue weighted by Crippen LogP contribution is -2.13. The highest BCUT2D eigenvalue weighted by Crippen LogP contribution is 2.19. The van der Waals surface area contributed by atoms with Gasteiger partial charge in [-0.3, -0.25) is 14.9 Å². The second-order valence-electron chi connectivity index (χ2n) is 4.01. The Hall–Kier alpha value is -1.72. The standard InChI is InChI=1S/C13H11ClN2O2S/c1-7-5-9(14)3-4-10(7)12(18)16-13-15-11(6-19-13)8(2)17/h3-6H,1-2H3,(H,15,16,18). The van der Waals surface area contributed by atoms with Crippen LogP contribution in [0.15, 0.2) is 23.6 Å². The fourth-order valence-corrected chi connectivity index (χ4v) is 2.51. The third-order valence-corrected chi connectivity index (χ3v) is 3.51. The number of carbonyl (C=O) groups excluding carboxylic acids is 2. The number of Topliss-reactive ketones (excluding diaryl/α,β-unsaturated/α-hetero) is 1. The van der Waals surface area contributed by atoms with E-state index in [1.54, 1.807) is 23.6 Å². The van der Waals surface area contributed by atoms with E-state index in [9.17, 15) is 9.59 Å². The van der Waals surface area contributed by atoms with Gasteiger partial charge in [0.25, 0.3) is 5.91 Å². The number of benzene rings is 1. The van der Waals surface area contributed by atoms with Crippen molar-refractivity contribution >= 4 is 39.8 Å². The molecule has 6 heteroatoms. The highest BCUT2D eigenvalue weighted by atomic mass is 35.5. The normalized spacial score (nSPS) is 10.3. The summed E-state index contributed by atoms with van der Waals surface area (Å²) in [5.74, 6) is -0.391. The molecule has 0 aliphatic rings. The zero-order valence-corrected chi connectivity index (χ0v) is 11.9. The lowest BCUT2D eigenvalue weighted by Gasteiger charge is -2.05. The third kappa shape index (κ3) is 3.19. The van der Waals surface area contributed by atoms with Crippen LogP contribution in [-0.2, 0) is 0 Å². The zero-order chi connectivity index (χ0) is 14.0. The summed E-state index contributed by atoms with van der Waals surface area (Å²) in [6, 6.07) is 5.04. The molecule has 0 saturated heterocycles. The smallest absolute Gasteiger partial charge is 0.257 e. The Morgan fingerprint density at radius 1 is 1.37 bits per heavy atom. The van der Waals surface area contributed by atoms with Gasteiger partial charge >= 0.3 is 0 Å². The number of aromatic nitrogens is 1. The minimum atomic E-state index is -0.265. The van der Waals surface area contributed by atoms with Crippen LogP contribution in [0.3, 0.4) is 0 Å². The van der Waals surface area contributed by atoms with E-state index in [1.165, 1.54) is 18.3 Å². The van der Waals surface area contributed by atoms with Crippen molar-refractivity contribution in [2.75, 3.05) is 5.32 Å². The molecule has 1 aromatic carbocycles. The second kappa shape index (κ2) is 5.50. The van der Waals surface area contributed by atoms with Crippen molar-refractivity contribution in [1.82, 2.24) is 4.98 Å². The molecule has 1 amide bonds. The summed E-state index contributed by atoms with van der Waals surface area (Å²) >= 11 is 7.06. The Bertz CT molecular complexity index is 652. The number of anilines is 1. The van der Waals surface area contributed by atoms with E-state index in [0.29, 0.717) is 21.4 Å². The first kappa shape index (κ1) is 13.7. The first-order chi connectivity index (χ1) is 8.97. The van der Waals surface area contributed by atoms with Crippen LogP contribution < -0.4 is 5.32 Å². The van der Waals surface area contributed by atoms with Gasteiger partial charge in [-0.1, -0.05) is 11.6 Å². The summed E-state index contributed by atoms with van der Waals surface area (Å²) in [6.45, 7) is 3.24. The highest BCUT2D eigenvalue weighted by molar-refractivity contribution is 7.14. The molecule has 0 fully saturated rings. The lowest BCUT2D eigenvalue weighted by molar-refractivity contribution is 0.100. The Labute approximate surface area is 119 Å². The van der Waals surface area contributed by atoms with Crippen molar-refractivity contribution in [2.45, 2.75) is 13.8 Å². The van der Waals surface area contributed by atoms with E-state index in [4.69, 9.17) is 11.6 Å². The van der Waals surface area contributed by atoms with E-state index in [-0.39, 0.29) is 11.7 Å². The van der Waals surface area contributed by atoms with Crippen molar-refractivity contribution in [3.63, 3.8) is 0 Å². The van der Waals surface area contributed by atoms with Gasteiger partial charge in [-0.15, -0.1) is 11.3 Å². The van der Waals surface area contributed by atoms with Gasteiger partial charge in [-0.2, -0.15) is 0 Å². The van der Waals surface area contributed by atoms with Gasteiger partial charge in [0, 0.05) is 22.9 Å². The molecule has 19 heavy (non-hydrogen) atoms. The lowest BCUT2D eigenvalue weighted by atomic mass is 10.1. The molecule has 1 aromatic heterocycles. The summed E-state index contributed by atoms with van der Waals surface area (Å²) in [5, 5.41) is 5.28. The monoisotopic (exact) mass is 294 g/mol. The Morgan fingerprint density at radius 3 is 2.68 bits per heavy atom. The number of amides is 1. The maximum atomic E-state index is 12.1. The number of halogens is 1. The molecule has 0 bridgehead atoms. The van der Waals surface area contributed by atoms with Gasteiger partial charge in [0.2, 0.25) is 0 Å². The Morgan fingerprint density at radius 2 is 2.11 bits per heavy atom. The molecule has 1 heterocycles. The number of rotatable bonds is 3. The minimum absolute atomic E-state index is 0.126. The first-order valence-corrected chi connectivity index (χ1v) is 6.77. The predicted molar refractivity (Wildman–Crippen MR) is 76.3 cm³/mol. The molecule has 1 N–H and O–H groups in total. The van der Waals surface area contributed by atoms with Crippen LogP contribution in [0.4, 0.5) is 5.13 Å². The summed E-state index contributed by atoms with van der Waals surface area (Å²) in [4.78, 5) is 27.2. The summed E-state index contributed by atoms with van der Waals surface area (Å²) in [6.07, 6.45) is 0. The van der Waals surface area contributed by atoms with Gasteiger partial charge in [0.15, 0.2) is 10.9 Å². The number of nitrogens with zero attached hydrogens (tertiary/aromatic N) is 1. The molecule has 2 aromatic rings. The number of hydrogen-bond donors (Lipinski definition) is 1. The largest absolute Gasteiger partial charge is 0.298 e. The maximum absolute atomic E-state index is 12.1. The van der Waals surface area contributed by atoms with Crippen molar-refractivity contribution in [3.05, 3.63) is 45.4 Å². The zero-order valence-electron chi connectivity index (χ0n) is 10.4. The highest BCUT2D eigenvalue weighted by Gasteiger charge is 2.12. The number of carbonyl (C=O) groups is 2. The van der Waals surface area contributed by atoms with Crippen LogP contribution in [0, 0.1) is 6.92 Å². The van der Waals surface area contributed by atoms with Gasteiger partial charge in [-0.05, 0) is 30.7 Å². The topological polar surface area (TPSA) is 59.1 Å². The molecule has 0 atom stereocenters. The van der Waals surface area contributed by atoms with Crippen LogP contribution in [0.5, 0.6) is 0 Å². The fourth-order valence-electron chi connectivity index (χ4n) is 1.54.